The van der Waals surface area contributed by atoms with Gasteiger partial charge in [0.2, 0.25) is 0 Å². The Balaban J connectivity index is 1.99. The number of hydrogen-bond acceptors (Lipinski definition) is 3. The number of rotatable bonds is 6. The number of aryl methyl sites for hydroxylation is 2. The maximum absolute atomic E-state index is 4.57. The minimum Gasteiger partial charge on any atom is -0.304 e. The maximum Gasteiger partial charge on any atom is 0.0625 e. The minimum atomic E-state index is 0.398. The van der Waals surface area contributed by atoms with Crippen LogP contribution in [-0.2, 0) is 19.5 Å². The van der Waals surface area contributed by atoms with Gasteiger partial charge in [0, 0.05) is 24.0 Å². The van der Waals surface area contributed by atoms with E-state index in [4.69, 9.17) is 0 Å². The van der Waals surface area contributed by atoms with Gasteiger partial charge in [0.1, 0.15) is 0 Å². The van der Waals surface area contributed by atoms with Crippen LogP contribution in [0.3, 0.4) is 0 Å². The number of nitrogens with one attached hydrogen (secondary N) is 1. The van der Waals surface area contributed by atoms with E-state index in [9.17, 15) is 0 Å². The summed E-state index contributed by atoms with van der Waals surface area (Å²) in [5.74, 6) is 0. The summed E-state index contributed by atoms with van der Waals surface area (Å²) in [4.78, 5) is 1.38. The molecule has 1 N–H and O–H groups in total. The summed E-state index contributed by atoms with van der Waals surface area (Å²) in [5, 5.41) is 10.3. The van der Waals surface area contributed by atoms with E-state index in [1.807, 2.05) is 0 Å². The summed E-state index contributed by atoms with van der Waals surface area (Å²) in [5.41, 5.74) is 2.45. The number of hydrogen-bond donors (Lipinski definition) is 1. The van der Waals surface area contributed by atoms with E-state index < -0.39 is 0 Å². The Morgan fingerprint density at radius 2 is 2.28 bits per heavy atom. The molecule has 2 aromatic rings. The molecule has 0 bridgehead atoms. The second-order valence-electron chi connectivity index (χ2n) is 4.41. The van der Waals surface area contributed by atoms with Crippen molar-refractivity contribution in [3.05, 3.63) is 39.8 Å². The lowest BCUT2D eigenvalue weighted by Gasteiger charge is -2.12. The molecule has 2 rings (SSSR count). The fourth-order valence-electron chi connectivity index (χ4n) is 2.00. The van der Waals surface area contributed by atoms with Gasteiger partial charge in [0.05, 0.1) is 11.4 Å². The molecule has 4 heteroatoms. The molecular weight excluding hydrogens is 242 g/mol. The van der Waals surface area contributed by atoms with E-state index in [-0.39, 0.29) is 0 Å². The van der Waals surface area contributed by atoms with E-state index in [2.05, 4.69) is 59.4 Å². The average Bonchev–Trinajstić information content (AvgIpc) is 3.04. The van der Waals surface area contributed by atoms with Gasteiger partial charge in [-0.1, -0.05) is 13.0 Å². The van der Waals surface area contributed by atoms with Crippen LogP contribution in [0.1, 0.15) is 43.1 Å². The topological polar surface area (TPSA) is 29.9 Å². The van der Waals surface area contributed by atoms with E-state index in [1.165, 1.54) is 16.3 Å². The molecule has 0 saturated heterocycles. The van der Waals surface area contributed by atoms with E-state index >= 15 is 0 Å². The maximum atomic E-state index is 4.57. The van der Waals surface area contributed by atoms with Crippen molar-refractivity contribution in [2.75, 3.05) is 0 Å². The molecule has 0 spiro atoms. The van der Waals surface area contributed by atoms with Gasteiger partial charge in [0.15, 0.2) is 0 Å². The first-order chi connectivity index (χ1) is 8.74. The molecule has 0 aliphatic rings. The molecule has 0 amide bonds. The molecule has 98 valence electrons. The highest BCUT2D eigenvalue weighted by atomic mass is 32.1. The van der Waals surface area contributed by atoms with Crippen LogP contribution in [0.25, 0.3) is 0 Å². The van der Waals surface area contributed by atoms with Gasteiger partial charge in [-0.05, 0) is 37.8 Å². The Bertz CT molecular complexity index is 473. The molecule has 0 aliphatic heterocycles. The highest BCUT2D eigenvalue weighted by molar-refractivity contribution is 7.10. The van der Waals surface area contributed by atoms with Gasteiger partial charge in [-0.2, -0.15) is 5.10 Å². The lowest BCUT2D eigenvalue weighted by molar-refractivity contribution is 0.535. The second-order valence-corrected chi connectivity index (χ2v) is 5.39. The highest BCUT2D eigenvalue weighted by Crippen LogP contribution is 2.18. The molecule has 0 fully saturated rings. The first-order valence-electron chi connectivity index (χ1n) is 6.57. The van der Waals surface area contributed by atoms with Crippen LogP contribution >= 0.6 is 11.3 Å². The van der Waals surface area contributed by atoms with Crippen molar-refractivity contribution in [3.63, 3.8) is 0 Å². The highest BCUT2D eigenvalue weighted by Gasteiger charge is 2.09. The molecule has 1 atom stereocenters. The summed E-state index contributed by atoms with van der Waals surface area (Å²) in [6, 6.07) is 6.88. The summed E-state index contributed by atoms with van der Waals surface area (Å²) in [6.45, 7) is 8.30. The summed E-state index contributed by atoms with van der Waals surface area (Å²) in [7, 11) is 0. The Labute approximate surface area is 113 Å². The SMILES string of the molecule is CCc1cc(CNC(C)c2cccs2)n(CC)n1. The van der Waals surface area contributed by atoms with Crippen molar-refractivity contribution >= 4 is 11.3 Å². The van der Waals surface area contributed by atoms with Gasteiger partial charge in [0.25, 0.3) is 0 Å². The first kappa shape index (κ1) is 13.3. The van der Waals surface area contributed by atoms with Crippen molar-refractivity contribution in [1.29, 1.82) is 0 Å². The Hall–Kier alpha value is -1.13. The lowest BCUT2D eigenvalue weighted by atomic mass is 10.2. The first-order valence-corrected chi connectivity index (χ1v) is 7.45. The van der Waals surface area contributed by atoms with Crippen molar-refractivity contribution in [2.24, 2.45) is 0 Å². The molecule has 1 unspecified atom stereocenters. The van der Waals surface area contributed by atoms with Crippen LogP contribution in [0, 0.1) is 0 Å². The fraction of sp³-hybridized carbons (Fsp3) is 0.500. The van der Waals surface area contributed by atoms with Crippen LogP contribution in [0.15, 0.2) is 23.6 Å². The van der Waals surface area contributed by atoms with E-state index in [1.54, 1.807) is 11.3 Å². The molecule has 2 aromatic heterocycles. The zero-order valence-corrected chi connectivity index (χ0v) is 12.1. The van der Waals surface area contributed by atoms with Crippen LogP contribution in [-0.4, -0.2) is 9.78 Å². The number of nitrogens with zero attached hydrogens (tertiary/aromatic N) is 2. The minimum absolute atomic E-state index is 0.398. The van der Waals surface area contributed by atoms with Gasteiger partial charge < -0.3 is 5.32 Å². The predicted octanol–water partition coefficient (Wildman–Crippen LogP) is 3.38. The molecule has 0 aliphatic carbocycles. The fourth-order valence-corrected chi connectivity index (χ4v) is 2.76. The Morgan fingerprint density at radius 3 is 2.89 bits per heavy atom. The number of aromatic nitrogens is 2. The smallest absolute Gasteiger partial charge is 0.0625 e. The Morgan fingerprint density at radius 1 is 1.44 bits per heavy atom. The standard InChI is InChI=1S/C14H21N3S/c1-4-12-9-13(17(5-2)16-12)10-15-11(3)14-7-6-8-18-14/h6-9,11,15H,4-5,10H2,1-3H3. The third-order valence-corrected chi connectivity index (χ3v) is 4.19. The Kier molecular flexibility index (Phi) is 4.55. The van der Waals surface area contributed by atoms with Gasteiger partial charge in [-0.15, -0.1) is 11.3 Å². The molecule has 0 saturated carbocycles. The van der Waals surface area contributed by atoms with Gasteiger partial charge >= 0.3 is 0 Å². The second kappa shape index (κ2) is 6.16. The summed E-state index contributed by atoms with van der Waals surface area (Å²) >= 11 is 1.80. The van der Waals surface area contributed by atoms with Crippen LogP contribution in [0.4, 0.5) is 0 Å². The molecular formula is C14H21N3S. The molecule has 0 radical (unpaired) electrons. The molecule has 18 heavy (non-hydrogen) atoms. The van der Waals surface area contributed by atoms with Crippen molar-refractivity contribution in [1.82, 2.24) is 15.1 Å². The van der Waals surface area contributed by atoms with Gasteiger partial charge in [-0.3, -0.25) is 4.68 Å². The average molecular weight is 263 g/mol. The third kappa shape index (κ3) is 3.00. The normalized spacial score (nSPS) is 12.8. The van der Waals surface area contributed by atoms with Gasteiger partial charge in [-0.25, -0.2) is 0 Å². The predicted molar refractivity (Wildman–Crippen MR) is 76.9 cm³/mol. The zero-order valence-electron chi connectivity index (χ0n) is 11.3. The zero-order chi connectivity index (χ0) is 13.0. The number of thiophene rings is 1. The monoisotopic (exact) mass is 263 g/mol. The van der Waals surface area contributed by atoms with Crippen molar-refractivity contribution in [2.45, 2.75) is 46.3 Å². The molecule has 2 heterocycles. The van der Waals surface area contributed by atoms with Crippen LogP contribution in [0.2, 0.25) is 0 Å². The summed E-state index contributed by atoms with van der Waals surface area (Å²) in [6.07, 6.45) is 1.00. The summed E-state index contributed by atoms with van der Waals surface area (Å²) < 4.78 is 2.09. The van der Waals surface area contributed by atoms with E-state index in [0.717, 1.165) is 19.5 Å². The van der Waals surface area contributed by atoms with Crippen LogP contribution < -0.4 is 5.32 Å². The van der Waals surface area contributed by atoms with Crippen molar-refractivity contribution < 1.29 is 0 Å². The quantitative estimate of drug-likeness (QED) is 0.866. The largest absolute Gasteiger partial charge is 0.304 e. The van der Waals surface area contributed by atoms with Crippen molar-refractivity contribution in [3.8, 4) is 0 Å². The third-order valence-electron chi connectivity index (χ3n) is 3.14. The molecule has 3 nitrogen and oxygen atoms in total. The molecule has 0 aromatic carbocycles. The van der Waals surface area contributed by atoms with Crippen LogP contribution in [0.5, 0.6) is 0 Å². The van der Waals surface area contributed by atoms with E-state index in [0.29, 0.717) is 6.04 Å². The lowest BCUT2D eigenvalue weighted by Crippen LogP contribution is -2.19.